The van der Waals surface area contributed by atoms with Crippen molar-refractivity contribution in [2.24, 2.45) is 0 Å². The van der Waals surface area contributed by atoms with Gasteiger partial charge >= 0.3 is 0 Å². The molecule has 2 rings (SSSR count). The lowest BCUT2D eigenvalue weighted by Crippen LogP contribution is -2.12. The molecule has 2 heterocycles. The van der Waals surface area contributed by atoms with E-state index in [4.69, 9.17) is 0 Å². The Balaban J connectivity index is 2.45. The molecule has 5 heteroatoms. The van der Waals surface area contributed by atoms with Crippen molar-refractivity contribution in [1.29, 1.82) is 0 Å². The average molecular weight is 274 g/mol. The van der Waals surface area contributed by atoms with Crippen LogP contribution in [0.1, 0.15) is 21.6 Å². The average Bonchev–Trinajstić information content (AvgIpc) is 2.89. The summed E-state index contributed by atoms with van der Waals surface area (Å²) in [7, 11) is 3.75. The highest BCUT2D eigenvalue weighted by molar-refractivity contribution is 7.08. The van der Waals surface area contributed by atoms with Crippen molar-refractivity contribution in [1.82, 2.24) is 9.88 Å². The maximum atomic E-state index is 12.3. The molecular weight excluding hydrogens is 260 g/mol. The number of aromatic amines is 1. The molecule has 0 fully saturated rings. The molecule has 0 atom stereocenters. The molecule has 0 bridgehead atoms. The van der Waals surface area contributed by atoms with Gasteiger partial charge in [-0.2, -0.15) is 11.3 Å². The molecule has 98 valence electrons. The minimum absolute atomic E-state index is 0.0871. The quantitative estimate of drug-likeness (QED) is 0.870. The number of carbonyl (C=O) groups is 1. The second-order valence-corrected chi connectivity index (χ2v) is 5.05. The van der Waals surface area contributed by atoms with Crippen molar-refractivity contribution in [2.75, 3.05) is 14.1 Å². The first-order valence-corrected chi connectivity index (χ1v) is 6.67. The lowest BCUT2D eigenvalue weighted by Gasteiger charge is -2.06. The van der Waals surface area contributed by atoms with E-state index in [1.165, 1.54) is 17.4 Å². The van der Waals surface area contributed by atoms with Crippen molar-refractivity contribution in [2.45, 2.75) is 0 Å². The van der Waals surface area contributed by atoms with Gasteiger partial charge in [0.2, 0.25) is 5.56 Å². The summed E-state index contributed by atoms with van der Waals surface area (Å²) < 4.78 is 0. The number of pyridine rings is 1. The first-order valence-electron chi connectivity index (χ1n) is 5.73. The zero-order chi connectivity index (χ0) is 13.8. The Morgan fingerprint density at radius 1 is 1.32 bits per heavy atom. The van der Waals surface area contributed by atoms with Crippen LogP contribution in [0.3, 0.4) is 0 Å². The number of rotatable bonds is 4. The Labute approximate surface area is 115 Å². The first-order chi connectivity index (χ1) is 9.08. The largest absolute Gasteiger partial charge is 0.383 e. The van der Waals surface area contributed by atoms with Crippen LogP contribution in [0.2, 0.25) is 0 Å². The van der Waals surface area contributed by atoms with E-state index in [-0.39, 0.29) is 11.3 Å². The van der Waals surface area contributed by atoms with Crippen LogP contribution in [0.25, 0.3) is 6.08 Å². The number of thiophene rings is 1. The molecule has 19 heavy (non-hydrogen) atoms. The third kappa shape index (κ3) is 3.20. The molecule has 0 saturated carbocycles. The summed E-state index contributed by atoms with van der Waals surface area (Å²) in [6.07, 6.45) is 3.51. The van der Waals surface area contributed by atoms with Gasteiger partial charge < -0.3 is 9.88 Å². The van der Waals surface area contributed by atoms with Crippen LogP contribution in [0.15, 0.2) is 40.0 Å². The van der Waals surface area contributed by atoms with E-state index in [1.54, 1.807) is 29.8 Å². The maximum Gasteiger partial charge on any atom is 0.248 e. The van der Waals surface area contributed by atoms with Crippen LogP contribution >= 0.6 is 11.3 Å². The van der Waals surface area contributed by atoms with Gasteiger partial charge in [0, 0.05) is 42.9 Å². The number of carbonyl (C=O) groups excluding carboxylic acids is 1. The fourth-order valence-corrected chi connectivity index (χ4v) is 2.23. The highest BCUT2D eigenvalue weighted by atomic mass is 32.1. The van der Waals surface area contributed by atoms with Crippen molar-refractivity contribution in [3.8, 4) is 0 Å². The van der Waals surface area contributed by atoms with Gasteiger partial charge in [0.15, 0.2) is 5.78 Å². The first kappa shape index (κ1) is 13.3. The molecule has 0 aliphatic carbocycles. The second kappa shape index (κ2) is 5.67. The molecule has 0 saturated heterocycles. The molecular formula is C14H14N2O2S. The summed E-state index contributed by atoms with van der Waals surface area (Å²) in [6.45, 7) is 0. The number of H-pyrrole nitrogens is 1. The van der Waals surface area contributed by atoms with Gasteiger partial charge in [-0.05, 0) is 23.6 Å². The summed E-state index contributed by atoms with van der Waals surface area (Å²) >= 11 is 1.47. The number of ketones is 1. The third-order valence-electron chi connectivity index (χ3n) is 2.52. The number of aromatic nitrogens is 1. The molecule has 0 aliphatic rings. The monoisotopic (exact) mass is 274 g/mol. The van der Waals surface area contributed by atoms with Crippen molar-refractivity contribution in [3.05, 3.63) is 62.3 Å². The Hall–Kier alpha value is -2.14. The summed E-state index contributed by atoms with van der Waals surface area (Å²) in [5.41, 5.74) is 1.44. The molecule has 0 aromatic carbocycles. The Kier molecular flexibility index (Phi) is 3.97. The van der Waals surface area contributed by atoms with E-state index in [0.717, 1.165) is 0 Å². The van der Waals surface area contributed by atoms with Crippen molar-refractivity contribution < 1.29 is 4.79 Å². The lowest BCUT2D eigenvalue weighted by atomic mass is 10.0. The lowest BCUT2D eigenvalue weighted by molar-refractivity contribution is 0.103. The molecule has 2 aromatic rings. The summed E-state index contributed by atoms with van der Waals surface area (Å²) in [5.74, 6) is -0.0871. The number of nitrogens with zero attached hydrogens (tertiary/aromatic N) is 1. The fraction of sp³-hybridized carbons (Fsp3) is 0.143. The van der Waals surface area contributed by atoms with E-state index in [0.29, 0.717) is 16.8 Å². The van der Waals surface area contributed by atoms with Crippen molar-refractivity contribution in [3.63, 3.8) is 0 Å². The molecule has 0 spiro atoms. The van der Waals surface area contributed by atoms with Gasteiger partial charge in [-0.1, -0.05) is 0 Å². The third-order valence-corrected chi connectivity index (χ3v) is 3.20. The fourth-order valence-electron chi connectivity index (χ4n) is 1.59. The Morgan fingerprint density at radius 2 is 2.11 bits per heavy atom. The van der Waals surface area contributed by atoms with E-state index in [1.807, 2.05) is 24.4 Å². The molecule has 0 radical (unpaired) electrons. The van der Waals surface area contributed by atoms with E-state index >= 15 is 0 Å². The normalized spacial score (nSPS) is 10.8. The standard InChI is InChI=1S/C14H14N2O2S/c1-16(2)7-5-12-11(3-4-13(17)15-12)14(18)10-6-8-19-9-10/h3-9H,1-2H3,(H,15,17)/b7-5+. The van der Waals surface area contributed by atoms with Crippen molar-refractivity contribution >= 4 is 23.2 Å². The topological polar surface area (TPSA) is 53.2 Å². The second-order valence-electron chi connectivity index (χ2n) is 4.27. The minimum atomic E-state index is -0.222. The zero-order valence-corrected chi connectivity index (χ0v) is 11.5. The molecule has 0 amide bonds. The molecule has 0 unspecified atom stereocenters. The molecule has 2 aromatic heterocycles. The van der Waals surface area contributed by atoms with E-state index in [2.05, 4.69) is 4.98 Å². The number of hydrogen-bond acceptors (Lipinski definition) is 4. The van der Waals surface area contributed by atoms with Crippen LogP contribution in [0.4, 0.5) is 0 Å². The van der Waals surface area contributed by atoms with Crippen LogP contribution < -0.4 is 5.56 Å². The summed E-state index contributed by atoms with van der Waals surface area (Å²) in [5, 5.41) is 3.65. The summed E-state index contributed by atoms with van der Waals surface area (Å²) in [6, 6.07) is 4.71. The zero-order valence-electron chi connectivity index (χ0n) is 10.7. The van der Waals surface area contributed by atoms with E-state index in [9.17, 15) is 9.59 Å². The van der Waals surface area contributed by atoms with Crippen LogP contribution in [0.5, 0.6) is 0 Å². The van der Waals surface area contributed by atoms with Crippen LogP contribution in [-0.2, 0) is 0 Å². The SMILES string of the molecule is CN(C)/C=C/c1[nH]c(=O)ccc1C(=O)c1ccsc1. The molecule has 0 aliphatic heterocycles. The van der Waals surface area contributed by atoms with Gasteiger partial charge in [0.25, 0.3) is 0 Å². The van der Waals surface area contributed by atoms with Gasteiger partial charge in [-0.25, -0.2) is 0 Å². The predicted molar refractivity (Wildman–Crippen MR) is 77.5 cm³/mol. The highest BCUT2D eigenvalue weighted by Gasteiger charge is 2.13. The van der Waals surface area contributed by atoms with Crippen LogP contribution in [-0.4, -0.2) is 29.8 Å². The van der Waals surface area contributed by atoms with E-state index < -0.39 is 0 Å². The molecule has 1 N–H and O–H groups in total. The van der Waals surface area contributed by atoms with Gasteiger partial charge in [-0.15, -0.1) is 0 Å². The minimum Gasteiger partial charge on any atom is -0.383 e. The smallest absolute Gasteiger partial charge is 0.248 e. The Morgan fingerprint density at radius 3 is 2.74 bits per heavy atom. The number of nitrogens with one attached hydrogen (secondary N) is 1. The van der Waals surface area contributed by atoms with Gasteiger partial charge in [0.1, 0.15) is 0 Å². The maximum absolute atomic E-state index is 12.3. The predicted octanol–water partition coefficient (Wildman–Crippen LogP) is 2.20. The van der Waals surface area contributed by atoms with Gasteiger partial charge in [0.05, 0.1) is 5.69 Å². The summed E-state index contributed by atoms with van der Waals surface area (Å²) in [4.78, 5) is 28.2. The number of hydrogen-bond donors (Lipinski definition) is 1. The molecule has 4 nitrogen and oxygen atoms in total. The van der Waals surface area contributed by atoms with Crippen LogP contribution in [0, 0.1) is 0 Å². The highest BCUT2D eigenvalue weighted by Crippen LogP contribution is 2.15. The Bertz CT molecular complexity index is 654. The van der Waals surface area contributed by atoms with Gasteiger partial charge in [-0.3, -0.25) is 9.59 Å².